The van der Waals surface area contributed by atoms with Crippen molar-refractivity contribution in [2.45, 2.75) is 12.1 Å². The van der Waals surface area contributed by atoms with Crippen LogP contribution >= 0.6 is 0 Å². The monoisotopic (exact) mass is 544 g/mol. The van der Waals surface area contributed by atoms with Gasteiger partial charge < -0.3 is 34.1 Å². The molecule has 6 heteroatoms. The molecule has 0 fully saturated rings. The van der Waals surface area contributed by atoms with Gasteiger partial charge in [-0.1, -0.05) is 108 Å². The molecule has 2 unspecified atom stereocenters. The molecule has 2 aliphatic carbocycles. The van der Waals surface area contributed by atoms with Crippen LogP contribution in [0.5, 0.6) is 11.5 Å². The van der Waals surface area contributed by atoms with Gasteiger partial charge in [-0.15, -0.1) is 0 Å². The molecule has 0 amide bonds. The normalized spacial score (nSPS) is 19.1. The van der Waals surface area contributed by atoms with Crippen LogP contribution in [0.1, 0.15) is 11.1 Å². The third-order valence-electron chi connectivity index (χ3n) is 5.20. The fraction of sp³-hybridized carbons (Fsp3) is 0.0645. The van der Waals surface area contributed by atoms with Gasteiger partial charge in [-0.25, -0.2) is 12.1 Å². The molecule has 0 aliphatic heterocycles. The Bertz CT molecular complexity index is 1160. The number of halogens is 1. The van der Waals surface area contributed by atoms with Gasteiger partial charge in [0.2, 0.25) is 0 Å². The maximum absolute atomic E-state index is 9.58. The van der Waals surface area contributed by atoms with Crippen LogP contribution in [0.3, 0.4) is 0 Å². The predicted octanol–water partition coefficient (Wildman–Crippen LogP) is 5.05. The van der Waals surface area contributed by atoms with Crippen molar-refractivity contribution in [1.29, 1.82) is 0 Å². The van der Waals surface area contributed by atoms with Gasteiger partial charge in [-0.2, -0.15) is 18.2 Å². The molecular weight excluding hydrogens is 516 g/mol. The zero-order chi connectivity index (χ0) is 24.9. The summed E-state index contributed by atoms with van der Waals surface area (Å²) in [5.41, 5.74) is 18.8. The van der Waals surface area contributed by atoms with E-state index in [0.717, 1.165) is 22.3 Å². The number of phenols is 2. The number of phenolic OH excluding ortho intramolecular Hbond substituents is 2. The molecule has 0 radical (unpaired) electrons. The van der Waals surface area contributed by atoms with Gasteiger partial charge in [0.25, 0.3) is 0 Å². The molecule has 3 aromatic rings. The Hall–Kier alpha value is -3.25. The Balaban J connectivity index is 0.000000298. The predicted molar refractivity (Wildman–Crippen MR) is 147 cm³/mol. The molecular formula is C31H29ClN2O2Ti. The number of rotatable bonds is 2. The van der Waals surface area contributed by atoms with Gasteiger partial charge in [-0.05, 0) is 24.3 Å². The number of benzene rings is 2. The molecule has 5 rings (SSSR count). The summed E-state index contributed by atoms with van der Waals surface area (Å²) in [6.45, 7) is 0. The minimum absolute atomic E-state index is 0. The van der Waals surface area contributed by atoms with E-state index < -0.39 is 0 Å². The van der Waals surface area contributed by atoms with E-state index in [4.69, 9.17) is 11.5 Å². The molecule has 2 aliphatic rings. The Morgan fingerprint density at radius 3 is 1.35 bits per heavy atom. The van der Waals surface area contributed by atoms with Gasteiger partial charge in [0.05, 0.1) is 0 Å². The van der Waals surface area contributed by atoms with Crippen LogP contribution in [0.2, 0.25) is 0 Å². The molecule has 2 atom stereocenters. The van der Waals surface area contributed by atoms with E-state index in [9.17, 15) is 10.2 Å². The fourth-order valence-corrected chi connectivity index (χ4v) is 3.29. The third kappa shape index (κ3) is 10.7. The summed E-state index contributed by atoms with van der Waals surface area (Å²) in [6, 6.07) is 23.6. The van der Waals surface area contributed by atoms with Crippen LogP contribution in [0.15, 0.2) is 139 Å². The Kier molecular flexibility index (Phi) is 14.8. The SMILES string of the molecule is [Cl-].[NH-]C1C=CC=CC1=Cc1ccccc1O.[NH-]C1C=CC=CC1=Cc1ccccc1O.[Ti+4].c1cc[cH-]c1. The van der Waals surface area contributed by atoms with Crippen molar-refractivity contribution in [3.05, 3.63) is 161 Å². The standard InChI is InChI=1S/2C13H12NO.C5H5.ClH.Ti/c2*14-12-7-3-1-5-10(12)9-11-6-2-4-8-13(11)15;1-2-4-5-3-1;;/h2*1-9,12,14-15H;1-5H;1H;/q3*-1;;+4/p-1. The van der Waals surface area contributed by atoms with Crippen molar-refractivity contribution < 1.29 is 44.3 Å². The summed E-state index contributed by atoms with van der Waals surface area (Å²) in [7, 11) is 0. The maximum Gasteiger partial charge on any atom is 4.00 e. The molecule has 0 saturated heterocycles. The summed E-state index contributed by atoms with van der Waals surface area (Å²) in [5, 5.41) is 19.2. The van der Waals surface area contributed by atoms with Gasteiger partial charge in [-0.3, -0.25) is 0 Å². The van der Waals surface area contributed by atoms with Crippen LogP contribution < -0.4 is 12.4 Å². The summed E-state index contributed by atoms with van der Waals surface area (Å²) in [4.78, 5) is 0. The molecule has 0 bridgehead atoms. The average Bonchev–Trinajstić information content (AvgIpc) is 3.46. The molecule has 0 heterocycles. The second-order valence-electron chi connectivity index (χ2n) is 7.81. The van der Waals surface area contributed by atoms with E-state index in [1.165, 1.54) is 0 Å². The topological polar surface area (TPSA) is 88.1 Å². The number of nitrogens with one attached hydrogen (secondary N) is 2. The molecule has 4 N–H and O–H groups in total. The number of allylic oxidation sites excluding steroid dienone is 4. The molecule has 0 spiro atoms. The van der Waals surface area contributed by atoms with Crippen LogP contribution in [0.4, 0.5) is 0 Å². The summed E-state index contributed by atoms with van der Waals surface area (Å²) < 4.78 is 0. The van der Waals surface area contributed by atoms with Crippen molar-refractivity contribution in [2.75, 3.05) is 0 Å². The summed E-state index contributed by atoms with van der Waals surface area (Å²) >= 11 is 0. The van der Waals surface area contributed by atoms with Gasteiger partial charge in [0.15, 0.2) is 0 Å². The second-order valence-corrected chi connectivity index (χ2v) is 7.81. The maximum atomic E-state index is 9.58. The fourth-order valence-electron chi connectivity index (χ4n) is 3.29. The quantitative estimate of drug-likeness (QED) is 0.349. The van der Waals surface area contributed by atoms with Crippen molar-refractivity contribution in [2.24, 2.45) is 0 Å². The number of para-hydroxylation sites is 2. The molecule has 3 aromatic carbocycles. The van der Waals surface area contributed by atoms with Crippen molar-refractivity contribution >= 4 is 12.2 Å². The first kappa shape index (κ1) is 31.8. The number of aromatic hydroxyl groups is 2. The molecule has 186 valence electrons. The second kappa shape index (κ2) is 17.3. The van der Waals surface area contributed by atoms with Crippen LogP contribution in [-0.4, -0.2) is 22.3 Å². The molecule has 4 nitrogen and oxygen atoms in total. The average molecular weight is 545 g/mol. The Morgan fingerprint density at radius 2 is 1.03 bits per heavy atom. The molecule has 0 aromatic heterocycles. The van der Waals surface area contributed by atoms with Crippen LogP contribution in [0, 0.1) is 0 Å². The van der Waals surface area contributed by atoms with Crippen molar-refractivity contribution in [1.82, 2.24) is 0 Å². The first-order valence-corrected chi connectivity index (χ1v) is 11.3. The largest absolute Gasteiger partial charge is 4.00 e. The van der Waals surface area contributed by atoms with Crippen molar-refractivity contribution in [3.8, 4) is 11.5 Å². The summed E-state index contributed by atoms with van der Waals surface area (Å²) in [6.07, 6.45) is 18.6. The molecule has 37 heavy (non-hydrogen) atoms. The van der Waals surface area contributed by atoms with Gasteiger partial charge in [0, 0.05) is 11.1 Å². The van der Waals surface area contributed by atoms with E-state index in [2.05, 4.69) is 0 Å². The minimum atomic E-state index is -0.338. The summed E-state index contributed by atoms with van der Waals surface area (Å²) in [5.74, 6) is 0.500. The van der Waals surface area contributed by atoms with Crippen LogP contribution in [-0.2, 0) is 21.7 Å². The Morgan fingerprint density at radius 1 is 0.622 bits per heavy atom. The minimum Gasteiger partial charge on any atom is -1.00 e. The number of hydrogen-bond donors (Lipinski definition) is 2. The van der Waals surface area contributed by atoms with E-state index in [1.54, 1.807) is 24.3 Å². The number of hydrogen-bond acceptors (Lipinski definition) is 2. The molecule has 0 saturated carbocycles. The third-order valence-corrected chi connectivity index (χ3v) is 5.20. The zero-order valence-electron chi connectivity index (χ0n) is 20.2. The van der Waals surface area contributed by atoms with E-state index in [1.807, 2.05) is 115 Å². The Labute approximate surface area is 240 Å². The zero-order valence-corrected chi connectivity index (χ0v) is 22.5. The van der Waals surface area contributed by atoms with E-state index in [0.29, 0.717) is 0 Å². The smallest absolute Gasteiger partial charge is 1.00 e. The van der Waals surface area contributed by atoms with Crippen molar-refractivity contribution in [3.63, 3.8) is 0 Å². The van der Waals surface area contributed by atoms with Gasteiger partial charge >= 0.3 is 21.7 Å². The van der Waals surface area contributed by atoms with Crippen LogP contribution in [0.25, 0.3) is 23.6 Å². The first-order chi connectivity index (χ1) is 17.0. The van der Waals surface area contributed by atoms with E-state index in [-0.39, 0.29) is 57.7 Å². The van der Waals surface area contributed by atoms with Gasteiger partial charge in [0.1, 0.15) is 11.5 Å². The first-order valence-electron chi connectivity index (χ1n) is 11.3. The van der Waals surface area contributed by atoms with E-state index >= 15 is 0 Å².